The number of guanidine groups is 1. The number of nitrogens with zero attached hydrogens (tertiary/aromatic N) is 1. The molecular weight excluding hydrogens is 164 g/mol. The van der Waals surface area contributed by atoms with Crippen molar-refractivity contribution >= 4 is 5.96 Å². The third kappa shape index (κ3) is 5.47. The fourth-order valence-electron chi connectivity index (χ4n) is 1.23. The van der Waals surface area contributed by atoms with E-state index in [1.807, 2.05) is 0 Å². The average Bonchev–Trinajstić information content (AvgIpc) is 2.13. The summed E-state index contributed by atoms with van der Waals surface area (Å²) in [5.74, 6) is 6.64. The SMILES string of the molecule is CCC(C)CC(C)NC(=NC)NN. The number of hydrogen-bond acceptors (Lipinski definition) is 2. The Hall–Kier alpha value is -0.770. The van der Waals surface area contributed by atoms with Gasteiger partial charge in [-0.05, 0) is 19.3 Å². The van der Waals surface area contributed by atoms with Crippen molar-refractivity contribution in [3.05, 3.63) is 0 Å². The quantitative estimate of drug-likeness (QED) is 0.264. The largest absolute Gasteiger partial charge is 0.353 e. The predicted octanol–water partition coefficient (Wildman–Crippen LogP) is 0.850. The maximum atomic E-state index is 5.25. The van der Waals surface area contributed by atoms with E-state index in [-0.39, 0.29) is 0 Å². The zero-order valence-corrected chi connectivity index (χ0v) is 9.09. The van der Waals surface area contributed by atoms with Crippen LogP contribution in [0.15, 0.2) is 4.99 Å². The molecule has 0 saturated heterocycles. The summed E-state index contributed by atoms with van der Waals surface area (Å²) in [5, 5.41) is 3.20. The van der Waals surface area contributed by atoms with Gasteiger partial charge in [-0.3, -0.25) is 10.4 Å². The van der Waals surface area contributed by atoms with Crippen molar-refractivity contribution in [1.82, 2.24) is 10.7 Å². The summed E-state index contributed by atoms with van der Waals surface area (Å²) in [6.45, 7) is 6.58. The molecule has 0 bridgehead atoms. The molecule has 0 aliphatic rings. The smallest absolute Gasteiger partial charge is 0.205 e. The van der Waals surface area contributed by atoms with Crippen molar-refractivity contribution in [2.75, 3.05) is 7.05 Å². The average molecular weight is 186 g/mol. The van der Waals surface area contributed by atoms with Gasteiger partial charge in [-0.2, -0.15) is 0 Å². The zero-order valence-electron chi connectivity index (χ0n) is 9.09. The Morgan fingerprint density at radius 1 is 1.46 bits per heavy atom. The van der Waals surface area contributed by atoms with Crippen LogP contribution in [0.1, 0.15) is 33.6 Å². The molecular formula is C9H22N4. The minimum Gasteiger partial charge on any atom is -0.353 e. The first-order chi connectivity index (χ1) is 6.13. The third-order valence-electron chi connectivity index (χ3n) is 2.20. The minimum atomic E-state index is 0.407. The summed E-state index contributed by atoms with van der Waals surface area (Å²) >= 11 is 0. The van der Waals surface area contributed by atoms with Gasteiger partial charge in [-0.1, -0.05) is 20.3 Å². The van der Waals surface area contributed by atoms with Crippen LogP contribution in [0.4, 0.5) is 0 Å². The third-order valence-corrected chi connectivity index (χ3v) is 2.20. The van der Waals surface area contributed by atoms with Crippen LogP contribution in [-0.2, 0) is 0 Å². The highest BCUT2D eigenvalue weighted by atomic mass is 15.3. The molecule has 0 radical (unpaired) electrons. The first kappa shape index (κ1) is 12.2. The van der Waals surface area contributed by atoms with Crippen LogP contribution in [0.25, 0.3) is 0 Å². The van der Waals surface area contributed by atoms with Gasteiger partial charge in [0.05, 0.1) is 0 Å². The maximum absolute atomic E-state index is 5.25. The number of hydrogen-bond donors (Lipinski definition) is 3. The summed E-state index contributed by atoms with van der Waals surface area (Å²) in [7, 11) is 1.71. The molecule has 4 heteroatoms. The normalized spacial score (nSPS) is 16.5. The van der Waals surface area contributed by atoms with E-state index in [0.717, 1.165) is 12.3 Å². The van der Waals surface area contributed by atoms with E-state index in [2.05, 4.69) is 36.5 Å². The highest BCUT2D eigenvalue weighted by Crippen LogP contribution is 2.08. The zero-order chi connectivity index (χ0) is 10.3. The molecule has 0 amide bonds. The molecule has 78 valence electrons. The maximum Gasteiger partial charge on any atom is 0.205 e. The molecule has 0 aromatic heterocycles. The highest BCUT2D eigenvalue weighted by molar-refractivity contribution is 5.79. The summed E-state index contributed by atoms with van der Waals surface area (Å²) < 4.78 is 0. The molecule has 0 aliphatic carbocycles. The topological polar surface area (TPSA) is 62.4 Å². The van der Waals surface area contributed by atoms with Gasteiger partial charge in [0.25, 0.3) is 0 Å². The Morgan fingerprint density at radius 3 is 2.46 bits per heavy atom. The van der Waals surface area contributed by atoms with Gasteiger partial charge >= 0.3 is 0 Å². The molecule has 0 fully saturated rings. The van der Waals surface area contributed by atoms with E-state index >= 15 is 0 Å². The number of hydrazine groups is 1. The first-order valence-corrected chi connectivity index (χ1v) is 4.83. The van der Waals surface area contributed by atoms with Gasteiger partial charge in [0.2, 0.25) is 5.96 Å². The monoisotopic (exact) mass is 186 g/mol. The summed E-state index contributed by atoms with van der Waals surface area (Å²) in [6.07, 6.45) is 2.35. The second-order valence-corrected chi connectivity index (χ2v) is 3.51. The lowest BCUT2D eigenvalue weighted by atomic mass is 10.0. The van der Waals surface area contributed by atoms with E-state index in [1.54, 1.807) is 7.05 Å². The van der Waals surface area contributed by atoms with E-state index in [4.69, 9.17) is 5.84 Å². The van der Waals surface area contributed by atoms with Crippen molar-refractivity contribution in [3.63, 3.8) is 0 Å². The molecule has 0 saturated carbocycles. The van der Waals surface area contributed by atoms with Gasteiger partial charge in [0, 0.05) is 13.1 Å². The predicted molar refractivity (Wildman–Crippen MR) is 57.4 cm³/mol. The van der Waals surface area contributed by atoms with E-state index in [1.165, 1.54) is 6.42 Å². The molecule has 0 aliphatic heterocycles. The van der Waals surface area contributed by atoms with Crippen molar-refractivity contribution in [1.29, 1.82) is 0 Å². The number of rotatable bonds is 4. The Balaban J connectivity index is 3.79. The van der Waals surface area contributed by atoms with Crippen molar-refractivity contribution in [2.45, 2.75) is 39.7 Å². The van der Waals surface area contributed by atoms with Crippen molar-refractivity contribution in [3.8, 4) is 0 Å². The number of nitrogens with one attached hydrogen (secondary N) is 2. The van der Waals surface area contributed by atoms with Crippen LogP contribution in [-0.4, -0.2) is 19.0 Å². The molecule has 4 N–H and O–H groups in total. The Morgan fingerprint density at radius 2 is 2.08 bits per heavy atom. The van der Waals surface area contributed by atoms with Gasteiger partial charge in [-0.25, -0.2) is 5.84 Å². The van der Waals surface area contributed by atoms with Crippen molar-refractivity contribution < 1.29 is 0 Å². The molecule has 0 aromatic rings. The molecule has 13 heavy (non-hydrogen) atoms. The number of aliphatic imine (C=N–C) groups is 1. The van der Waals surface area contributed by atoms with Crippen molar-refractivity contribution in [2.24, 2.45) is 16.8 Å². The van der Waals surface area contributed by atoms with Gasteiger partial charge in [0.15, 0.2) is 0 Å². The standard InChI is InChI=1S/C9H22N4/c1-5-7(2)6-8(3)12-9(11-4)13-10/h7-8H,5-6,10H2,1-4H3,(H2,11,12,13). The summed E-state index contributed by atoms with van der Waals surface area (Å²) in [4.78, 5) is 3.95. The lowest BCUT2D eigenvalue weighted by Gasteiger charge is -2.18. The van der Waals surface area contributed by atoms with Gasteiger partial charge in [-0.15, -0.1) is 0 Å². The van der Waals surface area contributed by atoms with Crippen LogP contribution in [0.2, 0.25) is 0 Å². The van der Waals surface area contributed by atoms with Crippen LogP contribution in [0.3, 0.4) is 0 Å². The van der Waals surface area contributed by atoms with Crippen LogP contribution < -0.4 is 16.6 Å². The van der Waals surface area contributed by atoms with Crippen LogP contribution >= 0.6 is 0 Å². The Kier molecular flexibility index (Phi) is 6.32. The van der Waals surface area contributed by atoms with E-state index < -0.39 is 0 Å². The van der Waals surface area contributed by atoms with Crippen LogP contribution in [0, 0.1) is 5.92 Å². The lowest BCUT2D eigenvalue weighted by molar-refractivity contribution is 0.445. The molecule has 0 rings (SSSR count). The van der Waals surface area contributed by atoms with E-state index in [9.17, 15) is 0 Å². The van der Waals surface area contributed by atoms with Gasteiger partial charge in [0.1, 0.15) is 0 Å². The molecule has 2 unspecified atom stereocenters. The highest BCUT2D eigenvalue weighted by Gasteiger charge is 2.07. The second-order valence-electron chi connectivity index (χ2n) is 3.51. The fraction of sp³-hybridized carbons (Fsp3) is 0.889. The second kappa shape index (κ2) is 6.71. The molecule has 0 aromatic carbocycles. The summed E-state index contributed by atoms with van der Waals surface area (Å²) in [6, 6.07) is 0.407. The van der Waals surface area contributed by atoms with E-state index in [0.29, 0.717) is 12.0 Å². The Bertz CT molecular complexity index is 156. The van der Waals surface area contributed by atoms with Gasteiger partial charge < -0.3 is 5.32 Å². The Labute approximate surface area is 81.0 Å². The molecule has 0 heterocycles. The fourth-order valence-corrected chi connectivity index (χ4v) is 1.23. The first-order valence-electron chi connectivity index (χ1n) is 4.83. The number of nitrogens with two attached hydrogens (primary N) is 1. The summed E-state index contributed by atoms with van der Waals surface area (Å²) in [5.41, 5.74) is 2.51. The minimum absolute atomic E-state index is 0.407. The lowest BCUT2D eigenvalue weighted by Crippen LogP contribution is -2.45. The van der Waals surface area contributed by atoms with Crippen LogP contribution in [0.5, 0.6) is 0 Å². The molecule has 0 spiro atoms. The molecule has 4 nitrogen and oxygen atoms in total. The molecule has 2 atom stereocenters.